The summed E-state index contributed by atoms with van der Waals surface area (Å²) < 4.78 is 0. The SMILES string of the molecule is Cc1ccc(NCCc2cccc(C(N)=O)c2)nc1C#N. The Balaban J connectivity index is 1.97. The molecule has 5 heteroatoms. The van der Waals surface area contributed by atoms with Crippen molar-refractivity contribution in [3.8, 4) is 6.07 Å². The molecule has 5 nitrogen and oxygen atoms in total. The molecule has 0 aliphatic rings. The van der Waals surface area contributed by atoms with Crippen molar-refractivity contribution in [1.29, 1.82) is 5.26 Å². The predicted molar refractivity (Wildman–Crippen MR) is 80.8 cm³/mol. The van der Waals surface area contributed by atoms with E-state index in [0.717, 1.165) is 17.5 Å². The van der Waals surface area contributed by atoms with E-state index in [2.05, 4.69) is 16.4 Å². The number of carbonyl (C=O) groups excluding carboxylic acids is 1. The van der Waals surface area contributed by atoms with Gasteiger partial charge in [-0.25, -0.2) is 4.98 Å². The van der Waals surface area contributed by atoms with Gasteiger partial charge in [-0.3, -0.25) is 4.79 Å². The van der Waals surface area contributed by atoms with Crippen LogP contribution >= 0.6 is 0 Å². The first kappa shape index (κ1) is 14.5. The molecule has 0 fully saturated rings. The molecule has 0 spiro atoms. The molecule has 1 amide bonds. The number of amides is 1. The van der Waals surface area contributed by atoms with Crippen LogP contribution in [-0.4, -0.2) is 17.4 Å². The van der Waals surface area contributed by atoms with Gasteiger partial charge in [0.25, 0.3) is 0 Å². The largest absolute Gasteiger partial charge is 0.370 e. The van der Waals surface area contributed by atoms with Crippen molar-refractivity contribution in [1.82, 2.24) is 4.98 Å². The summed E-state index contributed by atoms with van der Waals surface area (Å²) in [5, 5.41) is 12.1. The minimum atomic E-state index is -0.427. The Labute approximate surface area is 123 Å². The molecule has 0 unspecified atom stereocenters. The summed E-state index contributed by atoms with van der Waals surface area (Å²) in [7, 11) is 0. The van der Waals surface area contributed by atoms with E-state index in [-0.39, 0.29) is 0 Å². The van der Waals surface area contributed by atoms with Crippen LogP contribution in [0, 0.1) is 18.3 Å². The highest BCUT2D eigenvalue weighted by atomic mass is 16.1. The molecule has 2 rings (SSSR count). The Morgan fingerprint density at radius 1 is 1.38 bits per heavy atom. The summed E-state index contributed by atoms with van der Waals surface area (Å²) in [6.45, 7) is 2.51. The molecule has 1 aromatic carbocycles. The maximum absolute atomic E-state index is 11.1. The number of aromatic nitrogens is 1. The first-order valence-electron chi connectivity index (χ1n) is 6.60. The number of benzene rings is 1. The molecule has 1 aromatic heterocycles. The van der Waals surface area contributed by atoms with Crippen molar-refractivity contribution in [2.75, 3.05) is 11.9 Å². The van der Waals surface area contributed by atoms with E-state index in [1.165, 1.54) is 0 Å². The van der Waals surface area contributed by atoms with Gasteiger partial charge < -0.3 is 11.1 Å². The Kier molecular flexibility index (Phi) is 4.52. The molecule has 0 aliphatic carbocycles. The number of anilines is 1. The third-order valence-corrected chi connectivity index (χ3v) is 3.13. The van der Waals surface area contributed by atoms with Crippen LogP contribution in [0.1, 0.15) is 27.2 Å². The van der Waals surface area contributed by atoms with Gasteiger partial charge in [-0.15, -0.1) is 0 Å². The first-order valence-corrected chi connectivity index (χ1v) is 6.60. The second-order valence-corrected chi connectivity index (χ2v) is 4.72. The maximum Gasteiger partial charge on any atom is 0.248 e. The molecule has 0 aliphatic heterocycles. The van der Waals surface area contributed by atoms with Gasteiger partial charge in [0.2, 0.25) is 5.91 Å². The minimum absolute atomic E-state index is 0.427. The molecule has 3 N–H and O–H groups in total. The molecule has 0 bridgehead atoms. The lowest BCUT2D eigenvalue weighted by Gasteiger charge is -2.07. The molecule has 106 valence electrons. The lowest BCUT2D eigenvalue weighted by molar-refractivity contribution is 0.1000. The highest BCUT2D eigenvalue weighted by Gasteiger charge is 2.03. The number of nitrogens with two attached hydrogens (primary N) is 1. The van der Waals surface area contributed by atoms with E-state index in [1.807, 2.05) is 31.2 Å². The summed E-state index contributed by atoms with van der Waals surface area (Å²) in [5.74, 6) is 0.242. The van der Waals surface area contributed by atoms with E-state index in [4.69, 9.17) is 11.0 Å². The lowest BCUT2D eigenvalue weighted by atomic mass is 10.1. The number of hydrogen-bond acceptors (Lipinski definition) is 4. The van der Waals surface area contributed by atoms with Gasteiger partial charge in [0.05, 0.1) is 0 Å². The van der Waals surface area contributed by atoms with Gasteiger partial charge in [0, 0.05) is 12.1 Å². The maximum atomic E-state index is 11.1. The smallest absolute Gasteiger partial charge is 0.248 e. The standard InChI is InChI=1S/C16H16N4O/c1-11-5-6-15(20-14(11)10-17)19-8-7-12-3-2-4-13(9-12)16(18)21/h2-6,9H,7-8H2,1H3,(H2,18,21)(H,19,20). The van der Waals surface area contributed by atoms with Crippen LogP contribution in [0.3, 0.4) is 0 Å². The number of aryl methyl sites for hydroxylation is 1. The van der Waals surface area contributed by atoms with Crippen LogP contribution in [0.25, 0.3) is 0 Å². The zero-order valence-corrected chi connectivity index (χ0v) is 11.8. The van der Waals surface area contributed by atoms with Crippen LogP contribution < -0.4 is 11.1 Å². The summed E-state index contributed by atoms with van der Waals surface area (Å²) in [5.41, 5.74) is 8.07. The van der Waals surface area contributed by atoms with Gasteiger partial charge in [-0.05, 0) is 42.7 Å². The second kappa shape index (κ2) is 6.53. The summed E-state index contributed by atoms with van der Waals surface area (Å²) >= 11 is 0. The topological polar surface area (TPSA) is 91.8 Å². The van der Waals surface area contributed by atoms with Crippen LogP contribution in [0.15, 0.2) is 36.4 Å². The van der Waals surface area contributed by atoms with Crippen LogP contribution in [0.4, 0.5) is 5.82 Å². The van der Waals surface area contributed by atoms with Crippen molar-refractivity contribution < 1.29 is 4.79 Å². The number of rotatable bonds is 5. The molecule has 0 saturated carbocycles. The average Bonchev–Trinajstić information content (AvgIpc) is 2.49. The van der Waals surface area contributed by atoms with Gasteiger partial charge in [-0.2, -0.15) is 5.26 Å². The van der Waals surface area contributed by atoms with Crippen LogP contribution in [-0.2, 0) is 6.42 Å². The van der Waals surface area contributed by atoms with E-state index in [1.54, 1.807) is 12.1 Å². The quantitative estimate of drug-likeness (QED) is 0.876. The van der Waals surface area contributed by atoms with Crippen molar-refractivity contribution in [2.24, 2.45) is 5.73 Å². The predicted octanol–water partition coefficient (Wildman–Crippen LogP) is 2.02. The second-order valence-electron chi connectivity index (χ2n) is 4.72. The molecular formula is C16H16N4O. The number of pyridine rings is 1. The Morgan fingerprint density at radius 3 is 2.90 bits per heavy atom. The van der Waals surface area contributed by atoms with E-state index in [0.29, 0.717) is 23.6 Å². The minimum Gasteiger partial charge on any atom is -0.370 e. The number of nitriles is 1. The fourth-order valence-electron chi connectivity index (χ4n) is 1.96. The Bertz CT molecular complexity index is 704. The number of primary amides is 1. The zero-order valence-electron chi connectivity index (χ0n) is 11.8. The molecule has 0 radical (unpaired) electrons. The molecular weight excluding hydrogens is 264 g/mol. The lowest BCUT2D eigenvalue weighted by Crippen LogP contribution is -2.12. The number of hydrogen-bond donors (Lipinski definition) is 2. The molecule has 0 atom stereocenters. The number of carbonyl (C=O) groups is 1. The van der Waals surface area contributed by atoms with Crippen molar-refractivity contribution in [3.63, 3.8) is 0 Å². The number of nitrogens with zero attached hydrogens (tertiary/aromatic N) is 2. The van der Waals surface area contributed by atoms with Gasteiger partial charge in [0.1, 0.15) is 17.6 Å². The third-order valence-electron chi connectivity index (χ3n) is 3.13. The van der Waals surface area contributed by atoms with Crippen molar-refractivity contribution in [3.05, 3.63) is 58.8 Å². The Hall–Kier alpha value is -2.87. The molecule has 0 saturated heterocycles. The van der Waals surface area contributed by atoms with Gasteiger partial charge in [0.15, 0.2) is 0 Å². The highest BCUT2D eigenvalue weighted by molar-refractivity contribution is 5.92. The average molecular weight is 280 g/mol. The monoisotopic (exact) mass is 280 g/mol. The fourth-order valence-corrected chi connectivity index (χ4v) is 1.96. The van der Waals surface area contributed by atoms with E-state index < -0.39 is 5.91 Å². The first-order chi connectivity index (χ1) is 10.1. The van der Waals surface area contributed by atoms with Crippen LogP contribution in [0.5, 0.6) is 0 Å². The fraction of sp³-hybridized carbons (Fsp3) is 0.188. The highest BCUT2D eigenvalue weighted by Crippen LogP contribution is 2.10. The third kappa shape index (κ3) is 3.80. The summed E-state index contributed by atoms with van der Waals surface area (Å²) in [4.78, 5) is 15.3. The number of nitrogens with one attached hydrogen (secondary N) is 1. The van der Waals surface area contributed by atoms with E-state index >= 15 is 0 Å². The summed E-state index contributed by atoms with van der Waals surface area (Å²) in [6, 6.07) is 13.0. The van der Waals surface area contributed by atoms with Crippen LogP contribution in [0.2, 0.25) is 0 Å². The summed E-state index contributed by atoms with van der Waals surface area (Å²) in [6.07, 6.45) is 0.735. The molecule has 2 aromatic rings. The molecule has 21 heavy (non-hydrogen) atoms. The Morgan fingerprint density at radius 2 is 2.19 bits per heavy atom. The van der Waals surface area contributed by atoms with E-state index in [9.17, 15) is 4.79 Å². The van der Waals surface area contributed by atoms with Crippen molar-refractivity contribution >= 4 is 11.7 Å². The molecule has 1 heterocycles. The van der Waals surface area contributed by atoms with Crippen molar-refractivity contribution in [2.45, 2.75) is 13.3 Å². The normalized spacial score (nSPS) is 9.90. The van der Waals surface area contributed by atoms with Gasteiger partial charge >= 0.3 is 0 Å². The van der Waals surface area contributed by atoms with Gasteiger partial charge in [-0.1, -0.05) is 18.2 Å². The zero-order chi connectivity index (χ0) is 15.2.